The van der Waals surface area contributed by atoms with Gasteiger partial charge in [0.25, 0.3) is 0 Å². The zero-order valence-electron chi connectivity index (χ0n) is 10.6. The van der Waals surface area contributed by atoms with Crippen molar-refractivity contribution < 1.29 is 19.1 Å². The molecular formula is C13H20O4. The Morgan fingerprint density at radius 2 is 1.88 bits per heavy atom. The third-order valence-corrected chi connectivity index (χ3v) is 3.18. The number of ether oxygens (including phenoxy) is 2. The summed E-state index contributed by atoms with van der Waals surface area (Å²) in [6, 6.07) is 0. The lowest BCUT2D eigenvalue weighted by Crippen LogP contribution is -2.33. The van der Waals surface area contributed by atoms with Crippen molar-refractivity contribution in [2.75, 3.05) is 7.11 Å². The fraction of sp³-hybridized carbons (Fsp3) is 0.692. The van der Waals surface area contributed by atoms with Crippen molar-refractivity contribution in [1.29, 1.82) is 0 Å². The highest BCUT2D eigenvalue weighted by atomic mass is 16.6. The van der Waals surface area contributed by atoms with Gasteiger partial charge in [0.15, 0.2) is 0 Å². The Hall–Kier alpha value is -1.32. The summed E-state index contributed by atoms with van der Waals surface area (Å²) in [5.74, 6) is -0.626. The zero-order valence-corrected chi connectivity index (χ0v) is 10.6. The number of esters is 2. The monoisotopic (exact) mass is 240 g/mol. The van der Waals surface area contributed by atoms with E-state index >= 15 is 0 Å². The molecule has 4 nitrogen and oxygen atoms in total. The van der Waals surface area contributed by atoms with Gasteiger partial charge in [0.2, 0.25) is 0 Å². The molecule has 1 aliphatic carbocycles. The lowest BCUT2D eigenvalue weighted by molar-refractivity contribution is -0.157. The molecule has 0 aromatic rings. The van der Waals surface area contributed by atoms with E-state index in [1.54, 1.807) is 6.92 Å². The van der Waals surface area contributed by atoms with Crippen LogP contribution in [0.4, 0.5) is 0 Å². The molecule has 4 heteroatoms. The van der Waals surface area contributed by atoms with Crippen LogP contribution in [-0.2, 0) is 19.1 Å². The molecule has 1 saturated carbocycles. The van der Waals surface area contributed by atoms with Gasteiger partial charge in [0.1, 0.15) is 5.60 Å². The number of hydrogen-bond acceptors (Lipinski definition) is 4. The molecule has 0 unspecified atom stereocenters. The van der Waals surface area contributed by atoms with Gasteiger partial charge in [-0.25, -0.2) is 4.79 Å². The van der Waals surface area contributed by atoms with Crippen LogP contribution in [-0.4, -0.2) is 24.6 Å². The molecule has 0 radical (unpaired) electrons. The molecule has 0 aromatic heterocycles. The van der Waals surface area contributed by atoms with E-state index in [-0.39, 0.29) is 11.9 Å². The van der Waals surface area contributed by atoms with E-state index in [0.29, 0.717) is 18.4 Å². The summed E-state index contributed by atoms with van der Waals surface area (Å²) in [5.41, 5.74) is -0.0844. The van der Waals surface area contributed by atoms with Gasteiger partial charge >= 0.3 is 11.9 Å². The lowest BCUT2D eigenvalue weighted by Gasteiger charge is -2.28. The molecule has 0 N–H and O–H groups in total. The van der Waals surface area contributed by atoms with E-state index in [1.165, 1.54) is 7.11 Å². The van der Waals surface area contributed by atoms with Gasteiger partial charge in [0, 0.05) is 12.0 Å². The van der Waals surface area contributed by atoms with E-state index in [0.717, 1.165) is 25.7 Å². The number of carbonyl (C=O) groups is 2. The number of methoxy groups -OCH3 is 1. The highest BCUT2D eigenvalue weighted by molar-refractivity contribution is 5.87. The number of rotatable bonds is 5. The predicted molar refractivity (Wildman–Crippen MR) is 63.4 cm³/mol. The van der Waals surface area contributed by atoms with Gasteiger partial charge in [-0.1, -0.05) is 6.58 Å². The van der Waals surface area contributed by atoms with Crippen LogP contribution < -0.4 is 0 Å². The Kier molecular flexibility index (Phi) is 4.73. The molecular weight excluding hydrogens is 220 g/mol. The predicted octanol–water partition coefficient (Wildman–Crippen LogP) is 2.37. The molecule has 0 bridgehead atoms. The Bertz CT molecular complexity index is 313. The Morgan fingerprint density at radius 3 is 2.35 bits per heavy atom. The SMILES string of the molecule is C=C(C)C(=O)OC1(CCC(=O)OC)CCCC1. The van der Waals surface area contributed by atoms with Crippen LogP contribution >= 0.6 is 0 Å². The normalized spacial score (nSPS) is 17.5. The Balaban J connectivity index is 2.59. The molecule has 1 aliphatic rings. The quantitative estimate of drug-likeness (QED) is 0.547. The first-order valence-corrected chi connectivity index (χ1v) is 5.95. The van der Waals surface area contributed by atoms with Gasteiger partial charge in [-0.3, -0.25) is 4.79 Å². The maximum Gasteiger partial charge on any atom is 0.333 e. The first-order chi connectivity index (χ1) is 7.99. The van der Waals surface area contributed by atoms with Gasteiger partial charge < -0.3 is 9.47 Å². The minimum atomic E-state index is -0.482. The van der Waals surface area contributed by atoms with Crippen molar-refractivity contribution in [3.63, 3.8) is 0 Å². The van der Waals surface area contributed by atoms with E-state index in [2.05, 4.69) is 11.3 Å². The molecule has 96 valence electrons. The van der Waals surface area contributed by atoms with E-state index in [1.807, 2.05) is 0 Å². The second kappa shape index (κ2) is 5.84. The molecule has 1 rings (SSSR count). The number of hydrogen-bond donors (Lipinski definition) is 0. The summed E-state index contributed by atoms with van der Waals surface area (Å²) >= 11 is 0. The fourth-order valence-electron chi connectivity index (χ4n) is 2.14. The standard InChI is InChI=1S/C13H20O4/c1-10(2)12(15)17-13(7-4-5-8-13)9-6-11(14)16-3/h1,4-9H2,2-3H3. The van der Waals surface area contributed by atoms with Gasteiger partial charge in [-0.2, -0.15) is 0 Å². The topological polar surface area (TPSA) is 52.6 Å². The minimum absolute atomic E-state index is 0.261. The van der Waals surface area contributed by atoms with Crippen LogP contribution in [0.15, 0.2) is 12.2 Å². The summed E-state index contributed by atoms with van der Waals surface area (Å²) in [7, 11) is 1.36. The second-order valence-corrected chi connectivity index (χ2v) is 4.64. The maximum absolute atomic E-state index is 11.6. The van der Waals surface area contributed by atoms with Crippen molar-refractivity contribution in [3.8, 4) is 0 Å². The summed E-state index contributed by atoms with van der Waals surface area (Å²) in [6.45, 7) is 5.20. The highest BCUT2D eigenvalue weighted by Gasteiger charge is 2.38. The van der Waals surface area contributed by atoms with Crippen LogP contribution in [0, 0.1) is 0 Å². The zero-order chi connectivity index (χ0) is 12.9. The van der Waals surface area contributed by atoms with E-state index in [9.17, 15) is 9.59 Å². The van der Waals surface area contributed by atoms with Crippen LogP contribution in [0.25, 0.3) is 0 Å². The van der Waals surface area contributed by atoms with E-state index in [4.69, 9.17) is 4.74 Å². The molecule has 1 fully saturated rings. The lowest BCUT2D eigenvalue weighted by atomic mass is 9.95. The smallest absolute Gasteiger partial charge is 0.333 e. The molecule has 0 aromatic carbocycles. The molecule has 0 spiro atoms. The van der Waals surface area contributed by atoms with Crippen LogP contribution in [0.3, 0.4) is 0 Å². The first-order valence-electron chi connectivity index (χ1n) is 5.95. The Morgan fingerprint density at radius 1 is 1.29 bits per heavy atom. The summed E-state index contributed by atoms with van der Waals surface area (Å²) in [5, 5.41) is 0. The largest absolute Gasteiger partial charge is 0.469 e. The molecule has 0 heterocycles. The van der Waals surface area contributed by atoms with Gasteiger partial charge in [-0.05, 0) is 39.0 Å². The van der Waals surface area contributed by atoms with Gasteiger partial charge in [-0.15, -0.1) is 0 Å². The summed E-state index contributed by atoms with van der Waals surface area (Å²) < 4.78 is 10.1. The summed E-state index contributed by atoms with van der Waals surface area (Å²) in [6.07, 6.45) is 4.54. The molecule has 17 heavy (non-hydrogen) atoms. The van der Waals surface area contributed by atoms with Crippen molar-refractivity contribution >= 4 is 11.9 Å². The van der Waals surface area contributed by atoms with Gasteiger partial charge in [0.05, 0.1) is 7.11 Å². The highest BCUT2D eigenvalue weighted by Crippen LogP contribution is 2.37. The molecule has 0 amide bonds. The van der Waals surface area contributed by atoms with Crippen molar-refractivity contribution in [2.45, 2.75) is 51.0 Å². The fourth-order valence-corrected chi connectivity index (χ4v) is 2.14. The minimum Gasteiger partial charge on any atom is -0.469 e. The van der Waals surface area contributed by atoms with Crippen molar-refractivity contribution in [1.82, 2.24) is 0 Å². The third-order valence-electron chi connectivity index (χ3n) is 3.18. The van der Waals surface area contributed by atoms with Crippen LogP contribution in [0.2, 0.25) is 0 Å². The van der Waals surface area contributed by atoms with Crippen LogP contribution in [0.5, 0.6) is 0 Å². The molecule has 0 saturated heterocycles. The molecule has 0 atom stereocenters. The maximum atomic E-state index is 11.6. The van der Waals surface area contributed by atoms with Crippen molar-refractivity contribution in [3.05, 3.63) is 12.2 Å². The number of carbonyl (C=O) groups excluding carboxylic acids is 2. The first kappa shape index (κ1) is 13.7. The van der Waals surface area contributed by atoms with Crippen LogP contribution in [0.1, 0.15) is 45.4 Å². The Labute approximate surface area is 102 Å². The molecule has 0 aliphatic heterocycles. The average molecular weight is 240 g/mol. The summed E-state index contributed by atoms with van der Waals surface area (Å²) in [4.78, 5) is 22.7. The van der Waals surface area contributed by atoms with Crippen molar-refractivity contribution in [2.24, 2.45) is 0 Å². The average Bonchev–Trinajstić information content (AvgIpc) is 2.74. The second-order valence-electron chi connectivity index (χ2n) is 4.64. The third kappa shape index (κ3) is 3.88. The van der Waals surface area contributed by atoms with E-state index < -0.39 is 5.60 Å².